The van der Waals surface area contributed by atoms with Gasteiger partial charge in [0.25, 0.3) is 0 Å². The highest BCUT2D eigenvalue weighted by Crippen LogP contribution is 2.59. The normalized spacial score (nSPS) is 26.6. The van der Waals surface area contributed by atoms with E-state index in [1.165, 1.54) is 46.3 Å². The Balaban J connectivity index is 0.000000187. The van der Waals surface area contributed by atoms with Crippen molar-refractivity contribution in [3.8, 4) is 0 Å². The lowest BCUT2D eigenvalue weighted by Crippen LogP contribution is -3.00. The lowest BCUT2D eigenvalue weighted by molar-refractivity contribution is -0.958. The van der Waals surface area contributed by atoms with E-state index in [1.54, 1.807) is 0 Å². The summed E-state index contributed by atoms with van der Waals surface area (Å²) in [4.78, 5) is 0. The number of nitrogens with zero attached hydrogens (tertiary/aromatic N) is 2. The third-order valence-electron chi connectivity index (χ3n) is 15.0. The number of rotatable bonds is 9. The fraction of sp³-hybridized carbons (Fsp3) is 0.400. The molecule has 6 heteroatoms. The number of hydrogen-bond donors (Lipinski definition) is 2. The zero-order valence-electron chi connectivity index (χ0n) is 33.3. The summed E-state index contributed by atoms with van der Waals surface area (Å²) in [6.07, 6.45) is 6.54. The maximum absolute atomic E-state index is 12.5. The van der Waals surface area contributed by atoms with Crippen LogP contribution in [0.15, 0.2) is 146 Å². The Morgan fingerprint density at radius 3 is 1.02 bits per heavy atom. The molecule has 5 aromatic rings. The maximum Gasteiger partial charge on any atom is 0.121 e. The van der Waals surface area contributed by atoms with E-state index in [1.807, 2.05) is 24.3 Å². The van der Waals surface area contributed by atoms with Crippen molar-refractivity contribution in [1.82, 2.24) is 0 Å². The Bertz CT molecular complexity index is 1860. The third kappa shape index (κ3) is 7.40. The smallest absolute Gasteiger partial charge is 0.121 e. The highest BCUT2D eigenvalue weighted by molar-refractivity contribution is 5.41. The first kappa shape index (κ1) is 42.5. The van der Waals surface area contributed by atoms with Gasteiger partial charge in [-0.1, -0.05) is 151 Å². The summed E-state index contributed by atoms with van der Waals surface area (Å²) in [6.45, 7) is 13.9. The number of fused-ring (bicyclic) bond motifs is 6. The van der Waals surface area contributed by atoms with Crippen molar-refractivity contribution < 1.29 is 53.1 Å². The van der Waals surface area contributed by atoms with Crippen molar-refractivity contribution in [1.29, 1.82) is 0 Å². The number of hydrogen-bond acceptors (Lipinski definition) is 2. The SMILES string of the molecule is CC[N+]12CCC(C(O)(c3ccccc3)c3ccccc3)(CC1)CC2.Cc1ccc(C[N+]23CCC(C(O)(c4ccccc4)c4ccccc4)(CC2)CC3)cc1.[Br-].[Br-]. The van der Waals surface area contributed by atoms with Crippen molar-refractivity contribution in [2.75, 3.05) is 45.8 Å². The van der Waals surface area contributed by atoms with Gasteiger partial charge in [-0.15, -0.1) is 0 Å². The molecule has 2 N–H and O–H groups in total. The van der Waals surface area contributed by atoms with Crippen LogP contribution in [0.5, 0.6) is 0 Å². The topological polar surface area (TPSA) is 40.5 Å². The Kier molecular flexibility index (Phi) is 12.9. The fourth-order valence-corrected chi connectivity index (χ4v) is 11.3. The fourth-order valence-electron chi connectivity index (χ4n) is 11.3. The van der Waals surface area contributed by atoms with Crippen molar-refractivity contribution in [2.45, 2.75) is 70.1 Å². The molecule has 0 spiro atoms. The Morgan fingerprint density at radius 2 is 0.732 bits per heavy atom. The Hall–Kier alpha value is -3.10. The van der Waals surface area contributed by atoms with Crippen LogP contribution >= 0.6 is 0 Å². The van der Waals surface area contributed by atoms with Crippen LogP contribution in [0.3, 0.4) is 0 Å². The van der Waals surface area contributed by atoms with Crippen molar-refractivity contribution in [3.05, 3.63) is 179 Å². The maximum atomic E-state index is 12.5. The second kappa shape index (κ2) is 17.0. The van der Waals surface area contributed by atoms with Gasteiger partial charge in [-0.2, -0.15) is 0 Å². The number of aryl methyl sites for hydroxylation is 1. The first-order valence-electron chi connectivity index (χ1n) is 20.6. The van der Waals surface area contributed by atoms with Crippen LogP contribution in [-0.4, -0.2) is 65.0 Å². The summed E-state index contributed by atoms with van der Waals surface area (Å²) in [7, 11) is 0. The van der Waals surface area contributed by atoms with Crippen molar-refractivity contribution >= 4 is 0 Å². The zero-order chi connectivity index (χ0) is 37.3. The summed E-state index contributed by atoms with van der Waals surface area (Å²) in [5.74, 6) is 0. The number of halogens is 2. The van der Waals surface area contributed by atoms with Crippen molar-refractivity contribution in [2.24, 2.45) is 10.8 Å². The molecule has 5 aromatic carbocycles. The molecular weight excluding hydrogens is 820 g/mol. The molecule has 11 rings (SSSR count). The monoisotopic (exact) mass is 878 g/mol. The molecule has 4 nitrogen and oxygen atoms in total. The molecule has 0 saturated carbocycles. The molecule has 0 amide bonds. The molecule has 0 atom stereocenters. The van der Waals surface area contributed by atoms with E-state index in [0.29, 0.717) is 0 Å². The van der Waals surface area contributed by atoms with Crippen LogP contribution in [0.25, 0.3) is 0 Å². The Morgan fingerprint density at radius 1 is 0.446 bits per heavy atom. The molecule has 6 saturated heterocycles. The standard InChI is InChI=1S/C28H32NO.C22H28NO.2BrH/c1-23-12-14-24(15-13-23)22-29-19-16-27(17-20-29,18-21-29)28(30,25-8-4-2-5-9-25)26-10-6-3-7-11-26;1-2-23-16-13-21(14-17-23,15-18-23)22(24,19-9-5-3-6-10-19)20-11-7-4-8-12-20;;/h2-15,30H,16-22H2,1H3;3-12,24H,2,13-18H2,1H3;2*1H/q2*+1;;/p-2. The second-order valence-corrected chi connectivity index (χ2v) is 17.4. The summed E-state index contributed by atoms with van der Waals surface area (Å²) in [5.41, 5.74) is 4.99. The Labute approximate surface area is 356 Å². The average molecular weight is 881 g/mol. The predicted molar refractivity (Wildman–Crippen MR) is 219 cm³/mol. The van der Waals surface area contributed by atoms with Gasteiger partial charge in [0, 0.05) is 54.9 Å². The second-order valence-electron chi connectivity index (χ2n) is 17.4. The van der Waals surface area contributed by atoms with E-state index in [0.717, 1.165) is 87.0 Å². The quantitative estimate of drug-likeness (QED) is 0.224. The summed E-state index contributed by atoms with van der Waals surface area (Å²) >= 11 is 0. The van der Waals surface area contributed by atoms with Gasteiger partial charge < -0.3 is 53.1 Å². The van der Waals surface area contributed by atoms with Gasteiger partial charge in [0.1, 0.15) is 17.7 Å². The van der Waals surface area contributed by atoms with Gasteiger partial charge in [-0.05, 0) is 36.1 Å². The summed E-state index contributed by atoms with van der Waals surface area (Å²) < 4.78 is 2.42. The highest BCUT2D eigenvalue weighted by atomic mass is 79.9. The van der Waals surface area contributed by atoms with Gasteiger partial charge in [0.2, 0.25) is 0 Å². The number of piperidine rings is 6. The van der Waals surface area contributed by atoms with Crippen LogP contribution in [0.1, 0.15) is 78.8 Å². The summed E-state index contributed by atoms with van der Waals surface area (Å²) in [6, 6.07) is 50.5. The average Bonchev–Trinajstić information content (AvgIpc) is 3.26. The molecular formula is C50H60Br2N2O2. The van der Waals surface area contributed by atoms with Gasteiger partial charge in [-0.25, -0.2) is 0 Å². The molecule has 6 heterocycles. The van der Waals surface area contributed by atoms with Crippen LogP contribution in [0.4, 0.5) is 0 Å². The molecule has 0 aromatic heterocycles. The first-order valence-corrected chi connectivity index (χ1v) is 20.6. The molecule has 0 radical (unpaired) electrons. The van der Waals surface area contributed by atoms with E-state index in [2.05, 4.69) is 135 Å². The highest BCUT2D eigenvalue weighted by Gasteiger charge is 2.61. The van der Waals surface area contributed by atoms with Crippen molar-refractivity contribution in [3.63, 3.8) is 0 Å². The van der Waals surface area contributed by atoms with E-state index in [4.69, 9.17) is 0 Å². The number of quaternary nitrogens is 2. The molecule has 0 aliphatic carbocycles. The minimum Gasteiger partial charge on any atom is -1.00 e. The lowest BCUT2D eigenvalue weighted by Gasteiger charge is -2.60. The minimum atomic E-state index is -0.935. The number of aliphatic hydroxyl groups is 2. The van der Waals surface area contributed by atoms with Gasteiger partial charge in [-0.3, -0.25) is 0 Å². The van der Waals surface area contributed by atoms with Crippen LogP contribution < -0.4 is 34.0 Å². The van der Waals surface area contributed by atoms with Gasteiger partial charge in [0.05, 0.1) is 45.8 Å². The molecule has 4 bridgehead atoms. The van der Waals surface area contributed by atoms with Gasteiger partial charge >= 0.3 is 0 Å². The van der Waals surface area contributed by atoms with E-state index in [9.17, 15) is 10.2 Å². The molecule has 6 aliphatic rings. The summed E-state index contributed by atoms with van der Waals surface area (Å²) in [5, 5.41) is 24.7. The predicted octanol–water partition coefficient (Wildman–Crippen LogP) is 3.38. The van der Waals surface area contributed by atoms with E-state index < -0.39 is 11.2 Å². The number of benzene rings is 5. The van der Waals surface area contributed by atoms with Gasteiger partial charge in [0.15, 0.2) is 0 Å². The largest absolute Gasteiger partial charge is 1.00 e. The molecule has 6 fully saturated rings. The zero-order valence-corrected chi connectivity index (χ0v) is 36.5. The molecule has 56 heavy (non-hydrogen) atoms. The molecule has 296 valence electrons. The first-order chi connectivity index (χ1) is 26.2. The van der Waals surface area contributed by atoms with E-state index in [-0.39, 0.29) is 44.8 Å². The lowest BCUT2D eigenvalue weighted by atomic mass is 9.56. The third-order valence-corrected chi connectivity index (χ3v) is 15.0. The van der Waals surface area contributed by atoms with Crippen LogP contribution in [0, 0.1) is 17.8 Å². The minimum absolute atomic E-state index is 0. The van der Waals surface area contributed by atoms with Crippen LogP contribution in [0.2, 0.25) is 0 Å². The van der Waals surface area contributed by atoms with Crippen LogP contribution in [-0.2, 0) is 17.7 Å². The molecule has 0 unspecified atom stereocenters. The van der Waals surface area contributed by atoms with E-state index >= 15 is 0 Å². The molecule has 6 aliphatic heterocycles.